The van der Waals surface area contributed by atoms with Gasteiger partial charge in [-0.3, -0.25) is 0 Å². The Morgan fingerprint density at radius 1 is 0.258 bits per heavy atom. The zero-order chi connectivity index (χ0) is 65.6. The van der Waals surface area contributed by atoms with Gasteiger partial charge in [-0.2, -0.15) is 0 Å². The van der Waals surface area contributed by atoms with Gasteiger partial charge >= 0.3 is 0 Å². The van der Waals surface area contributed by atoms with E-state index in [1.54, 1.807) is 0 Å². The molecule has 9 heteroatoms. The van der Waals surface area contributed by atoms with Gasteiger partial charge in [0.05, 0.1) is 0 Å². The number of halogens is 4. The van der Waals surface area contributed by atoms with Crippen LogP contribution in [-0.2, 0) is 0 Å². The number of furan rings is 1. The van der Waals surface area contributed by atoms with Crippen LogP contribution in [0, 0.1) is 45.9 Å². The van der Waals surface area contributed by atoms with Crippen molar-refractivity contribution in [3.8, 4) is 45.9 Å². The molecule has 0 atom stereocenters. The van der Waals surface area contributed by atoms with Crippen LogP contribution in [0.4, 0.5) is 0 Å². The van der Waals surface area contributed by atoms with Gasteiger partial charge in [-0.15, -0.1) is 22.2 Å². The fraction of sp³-hybridized carbons (Fsp3) is 0.450. The number of fused-ring (bicyclic) bond motifs is 11. The van der Waals surface area contributed by atoms with E-state index in [2.05, 4.69) is 349 Å². The standard InChI is InChI=1S/C80H96Br4OSi4/c1-45(2)86(46(3)4,47(5)6)33-29-61-63-25-27-75-79(77(63)65(31-35-88(51(13)14,52(15)16)53(17)18)69-39-59-43-73(83)71(81)41-57(59)37-67(61)69)80-76(85-75)28-26-64-62(30-34-87(48(7)8,49(9)10)50(11)12)68-38-58-42-72(82)74(84)44-60(58)40-70(68)66(78(64)80)32-36-89(54(19)20,55(21)22)56(23)24/h25-28,37-56H,1-24H3. The van der Waals surface area contributed by atoms with Gasteiger partial charge in [0.1, 0.15) is 43.5 Å². The van der Waals surface area contributed by atoms with E-state index in [4.69, 9.17) is 4.42 Å². The lowest BCUT2D eigenvalue weighted by atomic mass is 9.86. The largest absolute Gasteiger partial charge is 0.456 e. The van der Waals surface area contributed by atoms with E-state index < -0.39 is 32.3 Å². The topological polar surface area (TPSA) is 13.1 Å². The summed E-state index contributed by atoms with van der Waals surface area (Å²) in [7, 11) is -9.20. The zero-order valence-electron chi connectivity index (χ0n) is 57.8. The first-order valence-electron chi connectivity index (χ1n) is 33.2. The van der Waals surface area contributed by atoms with Gasteiger partial charge < -0.3 is 4.42 Å². The van der Waals surface area contributed by atoms with Gasteiger partial charge in [-0.1, -0.05) is 190 Å². The van der Waals surface area contributed by atoms with E-state index in [0.717, 1.165) is 127 Å². The molecule has 0 aliphatic rings. The third-order valence-electron chi connectivity index (χ3n) is 22.0. The monoisotopic (exact) mass is 1500 g/mol. The predicted octanol–water partition coefficient (Wildman–Crippen LogP) is 27.8. The van der Waals surface area contributed by atoms with Crippen LogP contribution in [0.3, 0.4) is 0 Å². The van der Waals surface area contributed by atoms with Crippen LogP contribution in [0.1, 0.15) is 188 Å². The molecule has 1 aromatic heterocycles. The lowest BCUT2D eigenvalue weighted by molar-refractivity contribution is 0.669. The smallest absolute Gasteiger partial charge is 0.146 e. The molecule has 0 N–H and O–H groups in total. The summed E-state index contributed by atoms with van der Waals surface area (Å²) in [6.07, 6.45) is 0. The predicted molar refractivity (Wildman–Crippen MR) is 421 cm³/mol. The first kappa shape index (κ1) is 69.5. The fourth-order valence-corrected chi connectivity index (χ4v) is 40.1. The normalized spacial score (nSPS) is 13.1. The van der Waals surface area contributed by atoms with Crippen molar-refractivity contribution < 1.29 is 4.42 Å². The van der Waals surface area contributed by atoms with Crippen LogP contribution in [0.2, 0.25) is 66.5 Å². The second-order valence-corrected chi connectivity index (χ2v) is 55.7. The van der Waals surface area contributed by atoms with Crippen molar-refractivity contribution in [1.29, 1.82) is 0 Å². The third kappa shape index (κ3) is 11.5. The lowest BCUT2D eigenvalue weighted by Gasteiger charge is -2.38. The van der Waals surface area contributed by atoms with Crippen molar-refractivity contribution in [3.63, 3.8) is 0 Å². The molecule has 0 radical (unpaired) electrons. The Morgan fingerprint density at radius 2 is 0.461 bits per heavy atom. The maximum Gasteiger partial charge on any atom is 0.146 e. The Kier molecular flexibility index (Phi) is 20.4. The minimum atomic E-state index is -2.33. The van der Waals surface area contributed by atoms with E-state index in [0.29, 0.717) is 66.5 Å². The van der Waals surface area contributed by atoms with Crippen LogP contribution in [-0.4, -0.2) is 32.3 Å². The third-order valence-corrected chi connectivity index (χ3v) is 50.9. The molecule has 0 saturated carbocycles. The highest BCUT2D eigenvalue weighted by Gasteiger charge is 2.45. The van der Waals surface area contributed by atoms with Gasteiger partial charge in [-0.05, 0) is 246 Å². The van der Waals surface area contributed by atoms with E-state index in [9.17, 15) is 0 Å². The molecule has 0 unspecified atom stereocenters. The van der Waals surface area contributed by atoms with Crippen molar-refractivity contribution >= 4 is 183 Å². The maximum absolute atomic E-state index is 7.46. The number of hydrogen-bond donors (Lipinski definition) is 0. The molecule has 0 amide bonds. The van der Waals surface area contributed by atoms with Crippen molar-refractivity contribution in [2.24, 2.45) is 0 Å². The Hall–Kier alpha value is -3.85. The highest BCUT2D eigenvalue weighted by molar-refractivity contribution is 9.13. The highest BCUT2D eigenvalue weighted by Crippen LogP contribution is 2.51. The first-order valence-corrected chi connectivity index (χ1v) is 45.3. The summed E-state index contributed by atoms with van der Waals surface area (Å²) in [5.41, 5.74) is 28.4. The van der Waals surface area contributed by atoms with Crippen LogP contribution in [0.15, 0.2) is 95.1 Å². The van der Waals surface area contributed by atoms with Crippen LogP contribution >= 0.6 is 63.7 Å². The summed E-state index contributed by atoms with van der Waals surface area (Å²) < 4.78 is 11.5. The molecule has 0 aliphatic carbocycles. The molecule has 466 valence electrons. The lowest BCUT2D eigenvalue weighted by Crippen LogP contribution is -2.43. The van der Waals surface area contributed by atoms with Gasteiger partial charge in [0.2, 0.25) is 0 Å². The van der Waals surface area contributed by atoms with E-state index >= 15 is 0 Å². The van der Waals surface area contributed by atoms with E-state index in [1.807, 2.05) is 0 Å². The molecule has 0 spiro atoms. The quantitative estimate of drug-likeness (QED) is 0.0675. The van der Waals surface area contributed by atoms with E-state index in [-0.39, 0.29) is 0 Å². The molecule has 89 heavy (non-hydrogen) atoms. The Labute approximate surface area is 573 Å². The molecule has 9 aromatic rings. The average molecular weight is 1510 g/mol. The number of benzene rings is 8. The molecular weight excluding hydrogens is 1410 g/mol. The van der Waals surface area contributed by atoms with Crippen molar-refractivity contribution in [3.05, 3.63) is 113 Å². The summed E-state index contributed by atoms with van der Waals surface area (Å²) >= 11 is 15.7. The van der Waals surface area contributed by atoms with Crippen molar-refractivity contribution in [2.75, 3.05) is 0 Å². The molecule has 8 aromatic carbocycles. The van der Waals surface area contributed by atoms with Gasteiger partial charge in [-0.25, -0.2) is 0 Å². The van der Waals surface area contributed by atoms with Crippen LogP contribution < -0.4 is 0 Å². The molecule has 9 rings (SSSR count). The molecular formula is C80H96Br4OSi4. The maximum atomic E-state index is 7.46. The molecule has 0 fully saturated rings. The van der Waals surface area contributed by atoms with Crippen molar-refractivity contribution in [1.82, 2.24) is 0 Å². The molecule has 0 aliphatic heterocycles. The highest BCUT2D eigenvalue weighted by atomic mass is 79.9. The molecule has 0 saturated heterocycles. The summed E-state index contributed by atoms with van der Waals surface area (Å²) in [5.74, 6) is 16.9. The molecule has 0 bridgehead atoms. The number of rotatable bonds is 12. The zero-order valence-corrected chi connectivity index (χ0v) is 68.1. The van der Waals surface area contributed by atoms with Crippen LogP contribution in [0.5, 0.6) is 0 Å². The molecule has 1 nitrogen and oxygen atoms in total. The first-order chi connectivity index (χ1) is 41.7. The van der Waals surface area contributed by atoms with E-state index in [1.165, 1.54) is 0 Å². The Morgan fingerprint density at radius 3 is 0.674 bits per heavy atom. The average Bonchev–Trinajstić information content (AvgIpc) is 1.69. The SMILES string of the molecule is CC(C)[Si](C#Cc1c2cc3cc(Br)c(Br)cc3cc2c(C#C[Si](C(C)C)(C(C)C)C(C)C)c2c1ccc1oc3ccc4c(C#C[Si](C(C)C)(C(C)C)C(C)C)c5cc6cc(Br)c(Br)cc6cc5c(C#C[Si](C(C)C)(C(C)C)C(C)C)c4c3c12)(C(C)C)C(C)C. The molecule has 1 heterocycles. The van der Waals surface area contributed by atoms with Crippen molar-refractivity contribution in [2.45, 2.75) is 233 Å². The summed E-state index contributed by atoms with van der Waals surface area (Å²) in [5, 5.41) is 15.7. The fourth-order valence-electron chi connectivity index (χ4n) is 17.8. The second-order valence-electron chi connectivity index (χ2n) is 29.9. The van der Waals surface area contributed by atoms with Gasteiger partial charge in [0.15, 0.2) is 0 Å². The van der Waals surface area contributed by atoms with Gasteiger partial charge in [0.25, 0.3) is 0 Å². The van der Waals surface area contributed by atoms with Crippen LogP contribution in [0.25, 0.3) is 86.6 Å². The second kappa shape index (κ2) is 26.2. The van der Waals surface area contributed by atoms with Gasteiger partial charge in [0, 0.05) is 72.5 Å². The minimum Gasteiger partial charge on any atom is -0.456 e. The Bertz CT molecular complexity index is 4200. The number of hydrogen-bond acceptors (Lipinski definition) is 1. The Balaban J connectivity index is 1.70. The summed E-state index contributed by atoms with van der Waals surface area (Å²) in [6.45, 7) is 58.3. The summed E-state index contributed by atoms with van der Waals surface area (Å²) in [4.78, 5) is 0. The minimum absolute atomic E-state index is 0.431. The summed E-state index contributed by atoms with van der Waals surface area (Å²) in [6, 6.07) is 27.9.